The summed E-state index contributed by atoms with van der Waals surface area (Å²) in [5, 5.41) is 0. The van der Waals surface area contributed by atoms with E-state index in [4.69, 9.17) is 15.2 Å². The van der Waals surface area contributed by atoms with E-state index in [0.29, 0.717) is 24.2 Å². The van der Waals surface area contributed by atoms with Gasteiger partial charge in [-0.2, -0.15) is 0 Å². The van der Waals surface area contributed by atoms with Gasteiger partial charge in [0.05, 0.1) is 11.1 Å². The first kappa shape index (κ1) is 13.4. The Morgan fingerprint density at radius 1 is 1.38 bits per heavy atom. The molecule has 0 radical (unpaired) electrons. The first-order chi connectivity index (χ1) is 7.70. The van der Waals surface area contributed by atoms with E-state index in [1.54, 1.807) is 19.2 Å². The van der Waals surface area contributed by atoms with Crippen molar-refractivity contribution in [3.8, 4) is 5.75 Å². The molecule has 1 rings (SSSR count). The Balaban J connectivity index is 2.64. The molecule has 0 amide bonds. The summed E-state index contributed by atoms with van der Waals surface area (Å²) < 4.78 is 24.2. The van der Waals surface area contributed by atoms with Crippen molar-refractivity contribution < 1.29 is 13.9 Å². The maximum Gasteiger partial charge on any atom is 0.179 e. The second kappa shape index (κ2) is 6.83. The Kier molecular flexibility index (Phi) is 5.73. The normalized spacial score (nSPS) is 10.5. The second-order valence-corrected chi connectivity index (χ2v) is 4.04. The van der Waals surface area contributed by atoms with E-state index in [0.717, 1.165) is 12.0 Å². The topological polar surface area (TPSA) is 44.5 Å². The molecular weight excluding hydrogens is 277 g/mol. The monoisotopic (exact) mass is 291 g/mol. The molecule has 0 saturated heterocycles. The molecule has 3 nitrogen and oxygen atoms in total. The largest absolute Gasteiger partial charge is 0.490 e. The van der Waals surface area contributed by atoms with Crippen LogP contribution in [0.1, 0.15) is 12.0 Å². The van der Waals surface area contributed by atoms with Gasteiger partial charge >= 0.3 is 0 Å². The number of benzene rings is 1. The highest BCUT2D eigenvalue weighted by molar-refractivity contribution is 9.10. The zero-order valence-electron chi connectivity index (χ0n) is 9.13. The molecule has 0 heterocycles. The molecule has 0 aliphatic rings. The van der Waals surface area contributed by atoms with Crippen LogP contribution >= 0.6 is 15.9 Å². The van der Waals surface area contributed by atoms with Gasteiger partial charge in [0.1, 0.15) is 0 Å². The fraction of sp³-hybridized carbons (Fsp3) is 0.455. The van der Waals surface area contributed by atoms with Gasteiger partial charge in [-0.1, -0.05) is 6.07 Å². The Bertz CT molecular complexity index is 347. The summed E-state index contributed by atoms with van der Waals surface area (Å²) in [6, 6.07) is 3.34. The SMILES string of the molecule is COCCCOc1ccc(CN)c(Br)c1F. The van der Waals surface area contributed by atoms with Crippen molar-refractivity contribution in [3.63, 3.8) is 0 Å². The Labute approximate surface area is 103 Å². The van der Waals surface area contributed by atoms with E-state index in [1.807, 2.05) is 0 Å². The minimum Gasteiger partial charge on any atom is -0.490 e. The van der Waals surface area contributed by atoms with E-state index in [-0.39, 0.29) is 5.75 Å². The van der Waals surface area contributed by atoms with Crippen molar-refractivity contribution in [3.05, 3.63) is 28.0 Å². The lowest BCUT2D eigenvalue weighted by Gasteiger charge is -2.10. The van der Waals surface area contributed by atoms with Crippen LogP contribution in [0.2, 0.25) is 0 Å². The van der Waals surface area contributed by atoms with Gasteiger partial charge in [0.2, 0.25) is 0 Å². The number of ether oxygens (including phenoxy) is 2. The van der Waals surface area contributed by atoms with Crippen LogP contribution in [0.25, 0.3) is 0 Å². The van der Waals surface area contributed by atoms with Gasteiger partial charge in [-0.3, -0.25) is 0 Å². The van der Waals surface area contributed by atoms with Crippen LogP contribution in [0.15, 0.2) is 16.6 Å². The van der Waals surface area contributed by atoms with Crippen LogP contribution in [0, 0.1) is 5.82 Å². The quantitative estimate of drug-likeness (QED) is 0.819. The number of rotatable bonds is 6. The minimum atomic E-state index is -0.402. The number of hydrogen-bond acceptors (Lipinski definition) is 3. The maximum absolute atomic E-state index is 13.7. The zero-order chi connectivity index (χ0) is 12.0. The number of nitrogens with two attached hydrogens (primary N) is 1. The zero-order valence-corrected chi connectivity index (χ0v) is 10.7. The van der Waals surface area contributed by atoms with Crippen molar-refractivity contribution in [2.75, 3.05) is 20.3 Å². The van der Waals surface area contributed by atoms with Crippen molar-refractivity contribution >= 4 is 15.9 Å². The fourth-order valence-corrected chi connectivity index (χ4v) is 1.72. The van der Waals surface area contributed by atoms with Gasteiger partial charge in [-0.25, -0.2) is 4.39 Å². The summed E-state index contributed by atoms with van der Waals surface area (Å²) in [5.74, 6) is -0.166. The first-order valence-corrected chi connectivity index (χ1v) is 5.78. The standard InChI is InChI=1S/C11H15BrFNO2/c1-15-5-2-6-16-9-4-3-8(7-14)10(12)11(9)13/h3-4H,2,5-7,14H2,1H3. The van der Waals surface area contributed by atoms with Crippen LogP contribution in [0.3, 0.4) is 0 Å². The van der Waals surface area contributed by atoms with Crippen LogP contribution in [0.5, 0.6) is 5.75 Å². The third kappa shape index (κ3) is 3.43. The van der Waals surface area contributed by atoms with Gasteiger partial charge in [-0.15, -0.1) is 0 Å². The van der Waals surface area contributed by atoms with Gasteiger partial charge in [0.15, 0.2) is 11.6 Å². The van der Waals surface area contributed by atoms with E-state index < -0.39 is 5.82 Å². The van der Waals surface area contributed by atoms with Gasteiger partial charge < -0.3 is 15.2 Å². The first-order valence-electron chi connectivity index (χ1n) is 4.99. The molecule has 0 aliphatic carbocycles. The molecule has 0 aromatic heterocycles. The maximum atomic E-state index is 13.7. The molecule has 0 saturated carbocycles. The Hall–Kier alpha value is -0.650. The van der Waals surface area contributed by atoms with Gasteiger partial charge in [0, 0.05) is 26.7 Å². The lowest BCUT2D eigenvalue weighted by atomic mass is 10.2. The average Bonchev–Trinajstić information content (AvgIpc) is 2.30. The van der Waals surface area contributed by atoms with Crippen molar-refractivity contribution in [2.24, 2.45) is 5.73 Å². The lowest BCUT2D eigenvalue weighted by Crippen LogP contribution is -2.05. The van der Waals surface area contributed by atoms with E-state index in [2.05, 4.69) is 15.9 Å². The summed E-state index contributed by atoms with van der Waals surface area (Å²) in [5.41, 5.74) is 6.18. The molecule has 90 valence electrons. The summed E-state index contributed by atoms with van der Waals surface area (Å²) in [6.07, 6.45) is 0.728. The van der Waals surface area contributed by atoms with Gasteiger partial charge in [-0.05, 0) is 27.6 Å². The van der Waals surface area contributed by atoms with Crippen LogP contribution in [-0.4, -0.2) is 20.3 Å². The Morgan fingerprint density at radius 3 is 2.75 bits per heavy atom. The van der Waals surface area contributed by atoms with Gasteiger partial charge in [0.25, 0.3) is 0 Å². The van der Waals surface area contributed by atoms with Crippen LogP contribution in [0.4, 0.5) is 4.39 Å². The van der Waals surface area contributed by atoms with Crippen molar-refractivity contribution in [2.45, 2.75) is 13.0 Å². The molecule has 5 heteroatoms. The number of hydrogen-bond donors (Lipinski definition) is 1. The molecule has 0 atom stereocenters. The van der Waals surface area contributed by atoms with Crippen molar-refractivity contribution in [1.29, 1.82) is 0 Å². The van der Waals surface area contributed by atoms with E-state index in [9.17, 15) is 4.39 Å². The molecule has 0 bridgehead atoms. The highest BCUT2D eigenvalue weighted by Gasteiger charge is 2.11. The molecule has 1 aromatic carbocycles. The molecule has 0 aliphatic heterocycles. The second-order valence-electron chi connectivity index (χ2n) is 3.25. The van der Waals surface area contributed by atoms with Crippen molar-refractivity contribution in [1.82, 2.24) is 0 Å². The summed E-state index contributed by atoms with van der Waals surface area (Å²) in [7, 11) is 1.62. The highest BCUT2D eigenvalue weighted by Crippen LogP contribution is 2.28. The Morgan fingerprint density at radius 2 is 2.12 bits per heavy atom. The molecule has 1 aromatic rings. The van der Waals surface area contributed by atoms with E-state index in [1.165, 1.54) is 0 Å². The third-order valence-corrected chi connectivity index (χ3v) is 2.95. The summed E-state index contributed by atoms with van der Waals surface area (Å²) >= 11 is 3.15. The van der Waals surface area contributed by atoms with Crippen LogP contribution in [-0.2, 0) is 11.3 Å². The fourth-order valence-electron chi connectivity index (χ4n) is 1.23. The molecule has 0 unspecified atom stereocenters. The smallest absolute Gasteiger partial charge is 0.179 e. The molecular formula is C11H15BrFNO2. The minimum absolute atomic E-state index is 0.236. The average molecular weight is 292 g/mol. The molecule has 0 fully saturated rings. The predicted molar refractivity (Wildman–Crippen MR) is 64.0 cm³/mol. The third-order valence-electron chi connectivity index (χ3n) is 2.10. The molecule has 0 spiro atoms. The highest BCUT2D eigenvalue weighted by atomic mass is 79.9. The van der Waals surface area contributed by atoms with Crippen LogP contribution < -0.4 is 10.5 Å². The lowest BCUT2D eigenvalue weighted by molar-refractivity contribution is 0.170. The predicted octanol–water partition coefficient (Wildman–Crippen LogP) is 2.46. The number of halogens is 2. The molecule has 16 heavy (non-hydrogen) atoms. The van der Waals surface area contributed by atoms with E-state index >= 15 is 0 Å². The summed E-state index contributed by atoms with van der Waals surface area (Å²) in [4.78, 5) is 0. The summed E-state index contributed by atoms with van der Waals surface area (Å²) in [6.45, 7) is 1.32. The number of methoxy groups -OCH3 is 1. The molecule has 2 N–H and O–H groups in total.